The van der Waals surface area contributed by atoms with Crippen LogP contribution in [-0.4, -0.2) is 50.9 Å². The van der Waals surface area contributed by atoms with Crippen molar-refractivity contribution in [1.82, 2.24) is 10.2 Å². The summed E-state index contributed by atoms with van der Waals surface area (Å²) in [6.45, 7) is 6.17. The van der Waals surface area contributed by atoms with Gasteiger partial charge in [-0.05, 0) is 79.9 Å². The number of amides is 2. The van der Waals surface area contributed by atoms with Gasteiger partial charge >= 0.3 is 0 Å². The Hall–Kier alpha value is -4.15. The van der Waals surface area contributed by atoms with E-state index in [1.807, 2.05) is 75.4 Å². The molecule has 0 aliphatic heterocycles. The van der Waals surface area contributed by atoms with E-state index in [9.17, 15) is 18.0 Å². The molecular weight excluding hydrogens is 666 g/mol. The molecule has 0 bridgehead atoms. The van der Waals surface area contributed by atoms with Gasteiger partial charge in [0.15, 0.2) is 0 Å². The summed E-state index contributed by atoms with van der Waals surface area (Å²) in [5.74, 6) is -0.239. The second-order valence-corrected chi connectivity index (χ2v) is 13.7. The van der Waals surface area contributed by atoms with Crippen LogP contribution in [0.5, 0.6) is 5.75 Å². The Kier molecular flexibility index (Phi) is 12.4. The molecule has 4 aromatic carbocycles. The van der Waals surface area contributed by atoms with Crippen molar-refractivity contribution in [1.29, 1.82) is 0 Å². The standard InChI is InChI=1S/C36H40BrN3O5S/c1-4-22-38-36(42)34(24-28-10-7-6-8-11-28)39(25-29-12-9-13-30(37)23-29)35(41)26-40(31-16-18-32(19-17-31)45-5-2)46(43,44)33-20-14-27(3)15-21-33/h6-21,23,34H,4-5,22,24-26H2,1-3H3,(H,38,42). The minimum atomic E-state index is -4.19. The van der Waals surface area contributed by atoms with E-state index in [-0.39, 0.29) is 23.8 Å². The largest absolute Gasteiger partial charge is 0.494 e. The lowest BCUT2D eigenvalue weighted by Crippen LogP contribution is -2.53. The average Bonchev–Trinajstić information content (AvgIpc) is 3.05. The molecule has 242 valence electrons. The Morgan fingerprint density at radius 1 is 0.870 bits per heavy atom. The van der Waals surface area contributed by atoms with E-state index in [0.29, 0.717) is 24.6 Å². The molecule has 0 fully saturated rings. The number of anilines is 1. The first-order valence-corrected chi connectivity index (χ1v) is 17.5. The summed E-state index contributed by atoms with van der Waals surface area (Å²) in [5, 5.41) is 2.96. The summed E-state index contributed by atoms with van der Waals surface area (Å²) in [4.78, 5) is 29.8. The van der Waals surface area contributed by atoms with E-state index in [1.54, 1.807) is 36.4 Å². The van der Waals surface area contributed by atoms with Crippen LogP contribution in [-0.2, 0) is 32.6 Å². The molecule has 46 heavy (non-hydrogen) atoms. The SMILES string of the molecule is CCCNC(=O)C(Cc1ccccc1)N(Cc1cccc(Br)c1)C(=O)CN(c1ccc(OCC)cc1)S(=O)(=O)c1ccc(C)cc1. The molecule has 0 aliphatic rings. The van der Waals surface area contributed by atoms with Crippen molar-refractivity contribution in [2.24, 2.45) is 0 Å². The quantitative estimate of drug-likeness (QED) is 0.152. The molecule has 1 atom stereocenters. The molecule has 4 rings (SSSR count). The molecule has 0 radical (unpaired) electrons. The summed E-state index contributed by atoms with van der Waals surface area (Å²) in [6, 6.07) is 29.2. The highest BCUT2D eigenvalue weighted by Gasteiger charge is 2.34. The van der Waals surface area contributed by atoms with Crippen LogP contribution in [0.15, 0.2) is 112 Å². The van der Waals surface area contributed by atoms with Crippen LogP contribution >= 0.6 is 15.9 Å². The van der Waals surface area contributed by atoms with E-state index >= 15 is 0 Å². The van der Waals surface area contributed by atoms with Gasteiger partial charge in [-0.1, -0.05) is 83.0 Å². The van der Waals surface area contributed by atoms with Crippen molar-refractivity contribution in [3.63, 3.8) is 0 Å². The monoisotopic (exact) mass is 705 g/mol. The summed E-state index contributed by atoms with van der Waals surface area (Å²) < 4.78 is 35.9. The molecule has 0 aliphatic carbocycles. The van der Waals surface area contributed by atoms with E-state index < -0.39 is 28.5 Å². The highest BCUT2D eigenvalue weighted by molar-refractivity contribution is 9.10. The maximum atomic E-state index is 14.5. The third-order valence-corrected chi connectivity index (χ3v) is 9.67. The van der Waals surface area contributed by atoms with Crippen LogP contribution in [0.25, 0.3) is 0 Å². The molecule has 0 heterocycles. The molecule has 4 aromatic rings. The Labute approximate surface area is 280 Å². The summed E-state index contributed by atoms with van der Waals surface area (Å²) in [5.41, 5.74) is 2.87. The topological polar surface area (TPSA) is 96.0 Å². The zero-order valence-electron chi connectivity index (χ0n) is 26.4. The number of aryl methyl sites for hydroxylation is 1. The van der Waals surface area contributed by atoms with Gasteiger partial charge in [-0.2, -0.15) is 0 Å². The zero-order chi connectivity index (χ0) is 33.1. The Bertz CT molecular complexity index is 1700. The maximum absolute atomic E-state index is 14.5. The lowest BCUT2D eigenvalue weighted by atomic mass is 10.0. The van der Waals surface area contributed by atoms with Crippen LogP contribution in [0.4, 0.5) is 5.69 Å². The lowest BCUT2D eigenvalue weighted by Gasteiger charge is -2.34. The Morgan fingerprint density at radius 2 is 1.54 bits per heavy atom. The molecule has 0 aromatic heterocycles. The van der Waals surface area contributed by atoms with Crippen molar-refractivity contribution in [2.75, 3.05) is 24.0 Å². The van der Waals surface area contributed by atoms with Gasteiger partial charge < -0.3 is 15.0 Å². The second-order valence-electron chi connectivity index (χ2n) is 10.9. The molecule has 1 N–H and O–H groups in total. The van der Waals surface area contributed by atoms with E-state index in [0.717, 1.165) is 31.9 Å². The third-order valence-electron chi connectivity index (χ3n) is 7.39. The number of carbonyl (C=O) groups is 2. The Balaban J connectivity index is 1.79. The van der Waals surface area contributed by atoms with Crippen molar-refractivity contribution in [2.45, 2.75) is 51.1 Å². The van der Waals surface area contributed by atoms with Crippen LogP contribution < -0.4 is 14.4 Å². The lowest BCUT2D eigenvalue weighted by molar-refractivity contribution is -0.140. The van der Waals surface area contributed by atoms with Gasteiger partial charge in [0.25, 0.3) is 10.0 Å². The Morgan fingerprint density at radius 3 is 2.17 bits per heavy atom. The number of ether oxygens (including phenoxy) is 1. The summed E-state index contributed by atoms with van der Waals surface area (Å²) >= 11 is 3.51. The van der Waals surface area contributed by atoms with Gasteiger partial charge in [-0.25, -0.2) is 8.42 Å². The number of rotatable bonds is 15. The van der Waals surface area contributed by atoms with Crippen molar-refractivity contribution >= 4 is 43.5 Å². The van der Waals surface area contributed by atoms with Crippen LogP contribution in [0.1, 0.15) is 37.0 Å². The molecular formula is C36H40BrN3O5S. The van der Waals surface area contributed by atoms with Crippen molar-refractivity contribution in [3.8, 4) is 5.75 Å². The van der Waals surface area contributed by atoms with Crippen LogP contribution in [0, 0.1) is 6.92 Å². The number of halogens is 1. The summed E-state index contributed by atoms with van der Waals surface area (Å²) in [6.07, 6.45) is 0.980. The first kappa shape index (κ1) is 34.7. The number of hydrogen-bond donors (Lipinski definition) is 1. The molecule has 0 spiro atoms. The minimum Gasteiger partial charge on any atom is -0.494 e. The van der Waals surface area contributed by atoms with Crippen LogP contribution in [0.2, 0.25) is 0 Å². The van der Waals surface area contributed by atoms with Gasteiger partial charge in [-0.15, -0.1) is 0 Å². The summed E-state index contributed by atoms with van der Waals surface area (Å²) in [7, 11) is -4.19. The normalized spacial score (nSPS) is 11.8. The highest BCUT2D eigenvalue weighted by Crippen LogP contribution is 2.27. The molecule has 0 saturated heterocycles. The predicted octanol–water partition coefficient (Wildman–Crippen LogP) is 6.52. The fourth-order valence-corrected chi connectivity index (χ4v) is 6.85. The molecule has 0 saturated carbocycles. The van der Waals surface area contributed by atoms with Gasteiger partial charge in [-0.3, -0.25) is 13.9 Å². The average molecular weight is 707 g/mol. The smallest absolute Gasteiger partial charge is 0.264 e. The maximum Gasteiger partial charge on any atom is 0.264 e. The van der Waals surface area contributed by atoms with E-state index in [4.69, 9.17) is 4.74 Å². The molecule has 8 nitrogen and oxygen atoms in total. The third kappa shape index (κ3) is 9.20. The van der Waals surface area contributed by atoms with Gasteiger partial charge in [0.05, 0.1) is 17.2 Å². The number of nitrogens with one attached hydrogen (secondary N) is 1. The number of hydrogen-bond acceptors (Lipinski definition) is 5. The highest BCUT2D eigenvalue weighted by atomic mass is 79.9. The second kappa shape index (κ2) is 16.4. The van der Waals surface area contributed by atoms with Crippen molar-refractivity contribution in [3.05, 3.63) is 124 Å². The molecule has 2 amide bonds. The molecule has 10 heteroatoms. The van der Waals surface area contributed by atoms with E-state index in [1.165, 1.54) is 17.0 Å². The van der Waals surface area contributed by atoms with Gasteiger partial charge in [0.2, 0.25) is 11.8 Å². The first-order chi connectivity index (χ1) is 22.1. The number of carbonyl (C=O) groups excluding carboxylic acids is 2. The van der Waals surface area contributed by atoms with Gasteiger partial charge in [0.1, 0.15) is 18.3 Å². The first-order valence-electron chi connectivity index (χ1n) is 15.3. The van der Waals surface area contributed by atoms with Gasteiger partial charge in [0, 0.05) is 24.0 Å². The van der Waals surface area contributed by atoms with E-state index in [2.05, 4.69) is 21.2 Å². The fraction of sp³-hybridized carbons (Fsp3) is 0.278. The van der Waals surface area contributed by atoms with Crippen LogP contribution in [0.3, 0.4) is 0 Å². The molecule has 1 unspecified atom stereocenters. The number of sulfonamides is 1. The van der Waals surface area contributed by atoms with Crippen molar-refractivity contribution < 1.29 is 22.7 Å². The fourth-order valence-electron chi connectivity index (χ4n) is 4.99. The zero-order valence-corrected chi connectivity index (χ0v) is 28.8. The number of benzene rings is 4. The minimum absolute atomic E-state index is 0.0554. The number of nitrogens with zero attached hydrogens (tertiary/aromatic N) is 2. The predicted molar refractivity (Wildman–Crippen MR) is 185 cm³/mol.